The normalized spacial score (nSPS) is 15.3. The first kappa shape index (κ1) is 28.1. The van der Waals surface area contributed by atoms with Gasteiger partial charge in [-0.05, 0) is 89.1 Å². The molecule has 2 aromatic carbocycles. The molecule has 0 saturated carbocycles. The summed E-state index contributed by atoms with van der Waals surface area (Å²) in [4.78, 5) is 18.1. The third-order valence-corrected chi connectivity index (χ3v) is 7.69. The van der Waals surface area contributed by atoms with Gasteiger partial charge in [-0.15, -0.1) is 0 Å². The van der Waals surface area contributed by atoms with Crippen molar-refractivity contribution in [1.29, 1.82) is 0 Å². The van der Waals surface area contributed by atoms with Gasteiger partial charge in [-0.1, -0.05) is 48.5 Å². The molecular formula is C31H38F3N3O. The summed E-state index contributed by atoms with van der Waals surface area (Å²) in [6.07, 6.45) is -1.07. The molecule has 0 N–H and O–H groups in total. The van der Waals surface area contributed by atoms with Crippen molar-refractivity contribution >= 4 is 5.78 Å². The first-order valence-corrected chi connectivity index (χ1v) is 13.4. The third-order valence-electron chi connectivity index (χ3n) is 7.69. The molecule has 0 atom stereocenters. The van der Waals surface area contributed by atoms with Gasteiger partial charge in [0.05, 0.1) is 5.56 Å². The van der Waals surface area contributed by atoms with Gasteiger partial charge in [-0.3, -0.25) is 4.79 Å². The van der Waals surface area contributed by atoms with Crippen LogP contribution in [0.2, 0.25) is 0 Å². The van der Waals surface area contributed by atoms with Crippen molar-refractivity contribution < 1.29 is 18.0 Å². The minimum atomic E-state index is -4.43. The fraction of sp³-hybridized carbons (Fsp3) is 0.452. The summed E-state index contributed by atoms with van der Waals surface area (Å²) in [5.74, 6) is 0.571. The molecule has 1 aliphatic rings. The highest BCUT2D eigenvalue weighted by molar-refractivity contribution is 6.00. The molecule has 4 nitrogen and oxygen atoms in total. The van der Waals surface area contributed by atoms with Crippen molar-refractivity contribution in [3.8, 4) is 11.3 Å². The summed E-state index contributed by atoms with van der Waals surface area (Å²) in [5, 5.41) is 0. The highest BCUT2D eigenvalue weighted by Gasteiger charge is 2.30. The highest BCUT2D eigenvalue weighted by Crippen LogP contribution is 2.31. The maximum Gasteiger partial charge on any atom is 0.416 e. The smallest absolute Gasteiger partial charge is 0.344 e. The van der Waals surface area contributed by atoms with Gasteiger partial charge in [0.2, 0.25) is 0 Å². The molecule has 0 radical (unpaired) electrons. The molecule has 1 fully saturated rings. The lowest BCUT2D eigenvalue weighted by atomic mass is 9.97. The molecule has 3 aromatic rings. The lowest BCUT2D eigenvalue weighted by molar-refractivity contribution is -0.137. The van der Waals surface area contributed by atoms with Crippen molar-refractivity contribution in [2.24, 2.45) is 5.92 Å². The predicted octanol–water partition coefficient (Wildman–Crippen LogP) is 6.57. The quantitative estimate of drug-likeness (QED) is 0.280. The number of piperidine rings is 1. The van der Waals surface area contributed by atoms with Gasteiger partial charge in [-0.25, -0.2) is 0 Å². The summed E-state index contributed by atoms with van der Waals surface area (Å²) in [5.41, 5.74) is 3.06. The van der Waals surface area contributed by atoms with Crippen LogP contribution in [0, 0.1) is 12.8 Å². The first-order valence-electron chi connectivity index (χ1n) is 13.4. The fourth-order valence-corrected chi connectivity index (χ4v) is 5.48. The van der Waals surface area contributed by atoms with E-state index in [9.17, 15) is 18.0 Å². The molecule has 38 heavy (non-hydrogen) atoms. The Morgan fingerprint density at radius 2 is 1.74 bits per heavy atom. The molecule has 2 heterocycles. The number of hydrogen-bond donors (Lipinski definition) is 0. The van der Waals surface area contributed by atoms with Crippen LogP contribution in [0.15, 0.2) is 60.7 Å². The number of hydrogen-bond acceptors (Lipinski definition) is 3. The number of carbonyl (C=O) groups excluding carboxylic acids is 1. The van der Waals surface area contributed by atoms with Gasteiger partial charge >= 0.3 is 6.18 Å². The molecule has 1 aliphatic heterocycles. The van der Waals surface area contributed by atoms with Crippen molar-refractivity contribution in [2.45, 2.75) is 45.3 Å². The van der Waals surface area contributed by atoms with Crippen LogP contribution >= 0.6 is 0 Å². The number of carbonyl (C=O) groups is 1. The van der Waals surface area contributed by atoms with E-state index in [1.165, 1.54) is 32.0 Å². The highest BCUT2D eigenvalue weighted by atomic mass is 19.4. The molecule has 4 rings (SSSR count). The minimum absolute atomic E-state index is 0.0671. The van der Waals surface area contributed by atoms with Crippen molar-refractivity contribution in [3.05, 3.63) is 83.0 Å². The molecule has 1 saturated heterocycles. The van der Waals surface area contributed by atoms with E-state index < -0.39 is 11.7 Å². The van der Waals surface area contributed by atoms with Crippen LogP contribution in [0.1, 0.15) is 46.4 Å². The van der Waals surface area contributed by atoms with Crippen molar-refractivity contribution in [3.63, 3.8) is 0 Å². The van der Waals surface area contributed by atoms with Crippen LogP contribution in [-0.4, -0.2) is 60.4 Å². The van der Waals surface area contributed by atoms with Gasteiger partial charge in [0.15, 0.2) is 5.78 Å². The zero-order chi connectivity index (χ0) is 27.3. The minimum Gasteiger partial charge on any atom is -0.344 e. The summed E-state index contributed by atoms with van der Waals surface area (Å²) >= 11 is 0. The molecule has 0 unspecified atom stereocenters. The standard InChI is InChI=1S/C31H38F3N3O/c1-23-28(30(38)20-25-9-7-12-27(19-25)31(32,33)34)21-29(26-10-5-4-6-11-26)37(23)16-8-15-36(3)22-24-13-17-35(2)18-14-24/h4-7,9-12,19,21,24H,8,13-18,20,22H2,1-3H3. The first-order chi connectivity index (χ1) is 18.1. The van der Waals surface area contributed by atoms with E-state index in [1.54, 1.807) is 6.07 Å². The van der Waals surface area contributed by atoms with Gasteiger partial charge in [-0.2, -0.15) is 13.2 Å². The van der Waals surface area contributed by atoms with Gasteiger partial charge in [0.1, 0.15) is 0 Å². The molecule has 0 spiro atoms. The SMILES string of the molecule is Cc1c(C(=O)Cc2cccc(C(F)(F)F)c2)cc(-c2ccccc2)n1CCCN(C)CC1CCN(C)CC1. The molecule has 7 heteroatoms. The second kappa shape index (κ2) is 12.3. The number of halogens is 3. The zero-order valence-electron chi connectivity index (χ0n) is 22.6. The Bertz CT molecular complexity index is 1210. The van der Waals surface area contributed by atoms with Gasteiger partial charge in [0.25, 0.3) is 0 Å². The maximum atomic E-state index is 13.3. The average Bonchev–Trinajstić information content (AvgIpc) is 3.22. The monoisotopic (exact) mass is 525 g/mol. The number of nitrogens with zero attached hydrogens (tertiary/aromatic N) is 3. The number of aromatic nitrogens is 1. The number of benzene rings is 2. The molecule has 0 aliphatic carbocycles. The number of rotatable bonds is 10. The zero-order valence-corrected chi connectivity index (χ0v) is 22.6. The second-order valence-electron chi connectivity index (χ2n) is 10.7. The van der Waals surface area contributed by atoms with Crippen LogP contribution < -0.4 is 0 Å². The van der Waals surface area contributed by atoms with Crippen LogP contribution in [0.25, 0.3) is 11.3 Å². The summed E-state index contributed by atoms with van der Waals surface area (Å²) in [6.45, 7) is 7.10. The van der Waals surface area contributed by atoms with E-state index in [0.29, 0.717) is 11.1 Å². The number of alkyl halides is 3. The van der Waals surface area contributed by atoms with Gasteiger partial charge < -0.3 is 14.4 Å². The summed E-state index contributed by atoms with van der Waals surface area (Å²) in [7, 11) is 4.37. The molecule has 0 bridgehead atoms. The Balaban J connectivity index is 1.48. The van der Waals surface area contributed by atoms with E-state index in [-0.39, 0.29) is 12.2 Å². The van der Waals surface area contributed by atoms with Crippen LogP contribution in [0.4, 0.5) is 13.2 Å². The largest absolute Gasteiger partial charge is 0.416 e. The van der Waals surface area contributed by atoms with Crippen LogP contribution in [0.5, 0.6) is 0 Å². The Morgan fingerprint density at radius 1 is 1.03 bits per heavy atom. The second-order valence-corrected chi connectivity index (χ2v) is 10.7. The van der Waals surface area contributed by atoms with E-state index in [0.717, 1.165) is 61.1 Å². The third kappa shape index (κ3) is 7.14. The lowest BCUT2D eigenvalue weighted by Crippen LogP contribution is -2.36. The van der Waals surface area contributed by atoms with Crippen molar-refractivity contribution in [2.75, 3.05) is 40.3 Å². The predicted molar refractivity (Wildman–Crippen MR) is 146 cm³/mol. The number of likely N-dealkylation sites (tertiary alicyclic amines) is 1. The summed E-state index contributed by atoms with van der Waals surface area (Å²) in [6, 6.07) is 16.9. The maximum absolute atomic E-state index is 13.3. The Hall–Kier alpha value is -2.90. The van der Waals surface area contributed by atoms with Crippen molar-refractivity contribution in [1.82, 2.24) is 14.4 Å². The van der Waals surface area contributed by atoms with Gasteiger partial charge in [0, 0.05) is 36.5 Å². The Kier molecular flexibility index (Phi) is 9.11. The topological polar surface area (TPSA) is 28.5 Å². The van der Waals surface area contributed by atoms with Crippen LogP contribution in [0.3, 0.4) is 0 Å². The number of Topliss-reactive ketones (excluding diaryl/α,β-unsaturated/α-hetero) is 1. The van der Waals surface area contributed by atoms with E-state index in [1.807, 2.05) is 43.3 Å². The lowest BCUT2D eigenvalue weighted by Gasteiger charge is -2.31. The fourth-order valence-electron chi connectivity index (χ4n) is 5.48. The summed E-state index contributed by atoms with van der Waals surface area (Å²) < 4.78 is 41.7. The average molecular weight is 526 g/mol. The molecule has 204 valence electrons. The van der Waals surface area contributed by atoms with E-state index >= 15 is 0 Å². The molecular weight excluding hydrogens is 487 g/mol. The molecule has 1 aromatic heterocycles. The Labute approximate surface area is 224 Å². The Morgan fingerprint density at radius 3 is 2.42 bits per heavy atom. The van der Waals surface area contributed by atoms with E-state index in [4.69, 9.17) is 0 Å². The number of ketones is 1. The molecule has 0 amide bonds. The van der Waals surface area contributed by atoms with Crippen LogP contribution in [-0.2, 0) is 19.1 Å². The van der Waals surface area contributed by atoms with E-state index in [2.05, 4.69) is 28.5 Å².